The molecule has 1 spiro atoms. The molecule has 4 heteroatoms. The van der Waals surface area contributed by atoms with Gasteiger partial charge in [-0.3, -0.25) is 4.98 Å². The van der Waals surface area contributed by atoms with Crippen LogP contribution in [0.15, 0.2) is 36.7 Å². The number of aryl methyl sites for hydroxylation is 2. The molecule has 2 aromatic rings. The Balaban J connectivity index is 0.00000182. The van der Waals surface area contributed by atoms with Gasteiger partial charge in [0, 0.05) is 24.4 Å². The quantitative estimate of drug-likeness (QED) is 0.775. The lowest BCUT2D eigenvalue weighted by molar-refractivity contribution is 0.0507. The normalized spacial score (nSPS) is 17.5. The molecule has 0 saturated heterocycles. The zero-order chi connectivity index (χ0) is 16.4. The number of halogens is 1. The van der Waals surface area contributed by atoms with Gasteiger partial charge >= 0.3 is 0 Å². The number of hydrogen-bond acceptors (Lipinski definition) is 3. The molecule has 0 unspecified atom stereocenters. The minimum atomic E-state index is 0. The van der Waals surface area contributed by atoms with E-state index in [-0.39, 0.29) is 18.0 Å². The highest BCUT2D eigenvalue weighted by atomic mass is 35.5. The predicted octanol–water partition coefficient (Wildman–Crippen LogP) is 4.94. The average molecular weight is 360 g/mol. The van der Waals surface area contributed by atoms with E-state index in [1.165, 1.54) is 48.8 Å². The molecule has 1 aromatic heterocycles. The Hall–Kier alpha value is -1.74. The van der Waals surface area contributed by atoms with Crippen LogP contribution in [0.1, 0.15) is 48.8 Å². The van der Waals surface area contributed by atoms with Gasteiger partial charge in [-0.25, -0.2) is 0 Å². The van der Waals surface area contributed by atoms with Crippen molar-refractivity contribution >= 4 is 12.4 Å². The van der Waals surface area contributed by atoms with Crippen molar-refractivity contribution in [1.82, 2.24) is 4.98 Å². The molecular formula is C21H26ClNO2. The Morgan fingerprint density at radius 1 is 1.04 bits per heavy atom. The van der Waals surface area contributed by atoms with Crippen molar-refractivity contribution in [3.05, 3.63) is 53.3 Å². The molecule has 0 radical (unpaired) electrons. The van der Waals surface area contributed by atoms with Crippen LogP contribution in [0, 0.1) is 0 Å². The second-order valence-electron chi connectivity index (χ2n) is 7.11. The summed E-state index contributed by atoms with van der Waals surface area (Å²) in [4.78, 5) is 4.10. The van der Waals surface area contributed by atoms with Crippen LogP contribution in [-0.4, -0.2) is 17.7 Å². The zero-order valence-corrected chi connectivity index (χ0v) is 15.6. The van der Waals surface area contributed by atoms with E-state index in [0.717, 1.165) is 30.8 Å². The van der Waals surface area contributed by atoms with Gasteiger partial charge in [-0.1, -0.05) is 12.5 Å². The molecule has 1 saturated carbocycles. The van der Waals surface area contributed by atoms with E-state index < -0.39 is 0 Å². The summed E-state index contributed by atoms with van der Waals surface area (Å²) >= 11 is 0. The van der Waals surface area contributed by atoms with E-state index in [1.807, 2.05) is 12.4 Å². The molecule has 0 amide bonds. The molecule has 3 nitrogen and oxygen atoms in total. The molecule has 1 aliphatic heterocycles. The maximum Gasteiger partial charge on any atom is 0.165 e. The van der Waals surface area contributed by atoms with Crippen molar-refractivity contribution in [3.8, 4) is 11.5 Å². The molecule has 25 heavy (non-hydrogen) atoms. The number of ether oxygens (including phenoxy) is 2. The van der Waals surface area contributed by atoms with Crippen LogP contribution < -0.4 is 9.47 Å². The summed E-state index contributed by atoms with van der Waals surface area (Å²) in [6, 6.07) is 8.50. The van der Waals surface area contributed by atoms with Crippen molar-refractivity contribution in [2.24, 2.45) is 0 Å². The van der Waals surface area contributed by atoms with Gasteiger partial charge in [0.1, 0.15) is 5.60 Å². The minimum absolute atomic E-state index is 0. The second kappa shape index (κ2) is 7.65. The summed E-state index contributed by atoms with van der Waals surface area (Å²) in [6.45, 7) is 0. The van der Waals surface area contributed by atoms with Gasteiger partial charge in [-0.2, -0.15) is 0 Å². The first-order chi connectivity index (χ1) is 11.8. The SMILES string of the molecule is COc1ccc(CCc2ccncc2)c2c1OC1(CCCCC1)C2.Cl. The van der Waals surface area contributed by atoms with Crippen molar-refractivity contribution in [2.75, 3.05) is 7.11 Å². The third-order valence-corrected chi connectivity index (χ3v) is 5.56. The minimum Gasteiger partial charge on any atom is -0.493 e. The molecule has 0 N–H and O–H groups in total. The van der Waals surface area contributed by atoms with Gasteiger partial charge < -0.3 is 9.47 Å². The number of benzene rings is 1. The van der Waals surface area contributed by atoms with E-state index in [9.17, 15) is 0 Å². The first-order valence-electron chi connectivity index (χ1n) is 9.06. The molecule has 2 heterocycles. The van der Waals surface area contributed by atoms with Crippen molar-refractivity contribution < 1.29 is 9.47 Å². The van der Waals surface area contributed by atoms with E-state index >= 15 is 0 Å². The fourth-order valence-corrected chi connectivity index (χ4v) is 4.23. The third kappa shape index (κ3) is 3.62. The molecule has 134 valence electrons. The fraction of sp³-hybridized carbons (Fsp3) is 0.476. The van der Waals surface area contributed by atoms with Gasteiger partial charge in [0.25, 0.3) is 0 Å². The Kier molecular flexibility index (Phi) is 5.53. The fourth-order valence-electron chi connectivity index (χ4n) is 4.23. The smallest absolute Gasteiger partial charge is 0.165 e. The lowest BCUT2D eigenvalue weighted by atomic mass is 9.81. The highest BCUT2D eigenvalue weighted by molar-refractivity contribution is 5.85. The van der Waals surface area contributed by atoms with Crippen LogP contribution in [0.25, 0.3) is 0 Å². The number of hydrogen-bond donors (Lipinski definition) is 0. The molecule has 1 aromatic carbocycles. The lowest BCUT2D eigenvalue weighted by Crippen LogP contribution is -2.36. The summed E-state index contributed by atoms with van der Waals surface area (Å²) in [7, 11) is 1.74. The van der Waals surface area contributed by atoms with Crippen LogP contribution >= 0.6 is 12.4 Å². The maximum atomic E-state index is 6.52. The monoisotopic (exact) mass is 359 g/mol. The molecule has 0 atom stereocenters. The van der Waals surface area contributed by atoms with Crippen LogP contribution in [0.3, 0.4) is 0 Å². The second-order valence-corrected chi connectivity index (χ2v) is 7.11. The Bertz CT molecular complexity index is 711. The Morgan fingerprint density at radius 3 is 2.52 bits per heavy atom. The highest BCUT2D eigenvalue weighted by Crippen LogP contribution is 2.48. The standard InChI is InChI=1S/C21H25NO2.ClH/c1-23-19-8-7-17(6-5-16-9-13-22-14-10-16)18-15-21(24-20(18)19)11-3-2-4-12-21;/h7-10,13-14H,2-6,11-12,15H2,1H3;1H. The molecule has 1 aliphatic carbocycles. The summed E-state index contributed by atoms with van der Waals surface area (Å²) < 4.78 is 12.1. The first-order valence-corrected chi connectivity index (χ1v) is 9.06. The van der Waals surface area contributed by atoms with Crippen molar-refractivity contribution in [2.45, 2.75) is 57.0 Å². The van der Waals surface area contributed by atoms with Gasteiger partial charge in [0.05, 0.1) is 7.11 Å². The largest absolute Gasteiger partial charge is 0.493 e. The van der Waals surface area contributed by atoms with Gasteiger partial charge in [0.15, 0.2) is 11.5 Å². The number of fused-ring (bicyclic) bond motifs is 1. The molecule has 4 rings (SSSR count). The van der Waals surface area contributed by atoms with Gasteiger partial charge in [0.2, 0.25) is 0 Å². The Labute approximate surface area is 156 Å². The number of methoxy groups -OCH3 is 1. The summed E-state index contributed by atoms with van der Waals surface area (Å²) in [5.41, 5.74) is 4.15. The van der Waals surface area contributed by atoms with E-state index in [1.54, 1.807) is 7.11 Å². The van der Waals surface area contributed by atoms with E-state index in [4.69, 9.17) is 9.47 Å². The predicted molar refractivity (Wildman–Crippen MR) is 102 cm³/mol. The topological polar surface area (TPSA) is 31.4 Å². The Morgan fingerprint density at radius 2 is 1.80 bits per heavy atom. The van der Waals surface area contributed by atoms with Gasteiger partial charge in [-0.05, 0) is 67.9 Å². The van der Waals surface area contributed by atoms with Crippen molar-refractivity contribution in [3.63, 3.8) is 0 Å². The molecular weight excluding hydrogens is 334 g/mol. The summed E-state index contributed by atoms with van der Waals surface area (Å²) in [6.07, 6.45) is 13.1. The summed E-state index contributed by atoms with van der Waals surface area (Å²) in [5, 5.41) is 0. The highest BCUT2D eigenvalue weighted by Gasteiger charge is 2.42. The van der Waals surface area contributed by atoms with E-state index in [2.05, 4.69) is 29.2 Å². The zero-order valence-electron chi connectivity index (χ0n) is 14.8. The number of nitrogens with zero attached hydrogens (tertiary/aromatic N) is 1. The van der Waals surface area contributed by atoms with E-state index in [0.29, 0.717) is 0 Å². The van der Waals surface area contributed by atoms with Crippen molar-refractivity contribution in [1.29, 1.82) is 0 Å². The van der Waals surface area contributed by atoms with Gasteiger partial charge in [-0.15, -0.1) is 12.4 Å². The molecule has 0 bridgehead atoms. The lowest BCUT2D eigenvalue weighted by Gasteiger charge is -2.32. The molecule has 1 fully saturated rings. The maximum absolute atomic E-state index is 6.52. The van der Waals surface area contributed by atoms with Crippen LogP contribution in [0.4, 0.5) is 0 Å². The first kappa shape index (κ1) is 18.1. The van der Waals surface area contributed by atoms with Crippen LogP contribution in [-0.2, 0) is 19.3 Å². The van der Waals surface area contributed by atoms with Crippen LogP contribution in [0.2, 0.25) is 0 Å². The molecule has 2 aliphatic rings. The number of pyridine rings is 1. The number of aromatic nitrogens is 1. The summed E-state index contributed by atoms with van der Waals surface area (Å²) in [5.74, 6) is 1.90. The number of rotatable bonds is 4. The third-order valence-electron chi connectivity index (χ3n) is 5.56. The van der Waals surface area contributed by atoms with Crippen LogP contribution in [0.5, 0.6) is 11.5 Å². The average Bonchev–Trinajstić information content (AvgIpc) is 3.00.